The highest BCUT2D eigenvalue weighted by molar-refractivity contribution is 6.15. The van der Waals surface area contributed by atoms with Crippen molar-refractivity contribution in [1.29, 1.82) is 0 Å². The molecule has 3 nitrogen and oxygen atoms in total. The molecule has 26 heavy (non-hydrogen) atoms. The monoisotopic (exact) mass is 354 g/mol. The molecule has 0 radical (unpaired) electrons. The van der Waals surface area contributed by atoms with Crippen molar-refractivity contribution < 1.29 is 13.6 Å². The van der Waals surface area contributed by atoms with Crippen LogP contribution in [0, 0.1) is 31.4 Å². The zero-order valence-corrected chi connectivity index (χ0v) is 14.9. The van der Waals surface area contributed by atoms with Gasteiger partial charge in [-0.1, -0.05) is 0 Å². The van der Waals surface area contributed by atoms with Gasteiger partial charge in [-0.3, -0.25) is 9.79 Å². The van der Waals surface area contributed by atoms with Crippen molar-refractivity contribution in [2.75, 3.05) is 4.90 Å². The van der Waals surface area contributed by atoms with Gasteiger partial charge in [0.2, 0.25) is 5.91 Å². The minimum atomic E-state index is -0.639. The Morgan fingerprint density at radius 1 is 1.08 bits per heavy atom. The standard InChI is InChI=1S/C21H20F2N2O/c1-12-6-19-20(7-13(12)2)25(11-14-8-15(22)10-16(23)9-14)21(26)17-4-3-5-18(17)24-19/h6-10,17H,3-5,11H2,1-2H3/t17-/m1/s1. The second-order valence-corrected chi connectivity index (χ2v) is 7.18. The third-order valence-electron chi connectivity index (χ3n) is 5.30. The molecule has 2 aliphatic rings. The summed E-state index contributed by atoms with van der Waals surface area (Å²) in [6.45, 7) is 4.13. The minimum absolute atomic E-state index is 0.0343. The van der Waals surface area contributed by atoms with E-state index in [1.165, 1.54) is 12.1 Å². The van der Waals surface area contributed by atoms with Gasteiger partial charge in [-0.15, -0.1) is 0 Å². The highest BCUT2D eigenvalue weighted by atomic mass is 19.1. The average Bonchev–Trinajstić information content (AvgIpc) is 2.99. The van der Waals surface area contributed by atoms with Gasteiger partial charge in [0, 0.05) is 11.8 Å². The van der Waals surface area contributed by atoms with E-state index in [9.17, 15) is 13.6 Å². The summed E-state index contributed by atoms with van der Waals surface area (Å²) < 4.78 is 27.2. The predicted molar refractivity (Wildman–Crippen MR) is 97.9 cm³/mol. The molecule has 1 fully saturated rings. The van der Waals surface area contributed by atoms with E-state index in [1.54, 1.807) is 4.90 Å². The Morgan fingerprint density at radius 3 is 2.50 bits per heavy atom. The molecule has 0 aromatic heterocycles. The number of hydrogen-bond acceptors (Lipinski definition) is 2. The summed E-state index contributed by atoms with van der Waals surface area (Å²) in [5, 5.41) is 0. The van der Waals surface area contributed by atoms with Crippen molar-refractivity contribution in [3.63, 3.8) is 0 Å². The molecule has 0 spiro atoms. The SMILES string of the molecule is Cc1cc2c(cc1C)N(Cc1cc(F)cc(F)c1)C(=O)[C@@H]1CCCC1=N2. The summed E-state index contributed by atoms with van der Waals surface area (Å²) in [7, 11) is 0. The van der Waals surface area contributed by atoms with Crippen molar-refractivity contribution in [3.8, 4) is 0 Å². The Balaban J connectivity index is 1.83. The molecule has 0 bridgehead atoms. The smallest absolute Gasteiger partial charge is 0.236 e. The predicted octanol–water partition coefficient (Wildman–Crippen LogP) is 5.00. The lowest BCUT2D eigenvalue weighted by Crippen LogP contribution is -2.36. The van der Waals surface area contributed by atoms with Crippen LogP contribution in [0.1, 0.15) is 36.0 Å². The number of halogens is 2. The molecule has 1 aliphatic heterocycles. The summed E-state index contributed by atoms with van der Waals surface area (Å²) in [6.07, 6.45) is 2.54. The fraction of sp³-hybridized carbons (Fsp3) is 0.333. The fourth-order valence-electron chi connectivity index (χ4n) is 3.83. The number of nitrogens with zero attached hydrogens (tertiary/aromatic N) is 2. The third kappa shape index (κ3) is 2.91. The highest BCUT2D eigenvalue weighted by Gasteiger charge is 2.36. The molecule has 4 rings (SSSR count). The molecule has 2 aromatic rings. The van der Waals surface area contributed by atoms with Crippen LogP contribution < -0.4 is 4.90 Å². The maximum Gasteiger partial charge on any atom is 0.236 e. The summed E-state index contributed by atoms with van der Waals surface area (Å²) in [5.41, 5.74) is 4.99. The van der Waals surface area contributed by atoms with E-state index in [2.05, 4.69) is 0 Å². The number of hydrogen-bond donors (Lipinski definition) is 0. The zero-order valence-electron chi connectivity index (χ0n) is 14.9. The molecular weight excluding hydrogens is 334 g/mol. The average molecular weight is 354 g/mol. The van der Waals surface area contributed by atoms with Crippen LogP contribution in [0.15, 0.2) is 35.3 Å². The molecule has 134 valence electrons. The quantitative estimate of drug-likeness (QED) is 0.747. The van der Waals surface area contributed by atoms with Crippen LogP contribution in [0.2, 0.25) is 0 Å². The number of carbonyl (C=O) groups is 1. The second kappa shape index (κ2) is 6.31. The first kappa shape index (κ1) is 16.9. The number of anilines is 1. The van der Waals surface area contributed by atoms with Crippen LogP contribution in [0.3, 0.4) is 0 Å². The number of benzene rings is 2. The summed E-state index contributed by atoms with van der Waals surface area (Å²) in [4.78, 5) is 19.6. The van der Waals surface area contributed by atoms with Gasteiger partial charge < -0.3 is 4.90 Å². The molecule has 1 heterocycles. The Kier molecular flexibility index (Phi) is 4.10. The number of fused-ring (bicyclic) bond motifs is 2. The van der Waals surface area contributed by atoms with Gasteiger partial charge in [-0.25, -0.2) is 8.78 Å². The van der Waals surface area contributed by atoms with Crippen LogP contribution in [0.25, 0.3) is 0 Å². The first-order valence-corrected chi connectivity index (χ1v) is 8.87. The van der Waals surface area contributed by atoms with Gasteiger partial charge in [0.25, 0.3) is 0 Å². The van der Waals surface area contributed by atoms with Gasteiger partial charge in [0.15, 0.2) is 0 Å². The Labute approximate surface area is 151 Å². The van der Waals surface area contributed by atoms with E-state index < -0.39 is 11.6 Å². The number of rotatable bonds is 2. The van der Waals surface area contributed by atoms with Gasteiger partial charge in [-0.05, 0) is 74.1 Å². The van der Waals surface area contributed by atoms with Gasteiger partial charge in [0.1, 0.15) is 11.6 Å². The Morgan fingerprint density at radius 2 is 1.77 bits per heavy atom. The molecule has 0 saturated heterocycles. The van der Waals surface area contributed by atoms with E-state index in [1.807, 2.05) is 26.0 Å². The van der Waals surface area contributed by atoms with Crippen molar-refractivity contribution in [1.82, 2.24) is 0 Å². The molecule has 0 N–H and O–H groups in total. The van der Waals surface area contributed by atoms with E-state index in [4.69, 9.17) is 4.99 Å². The third-order valence-corrected chi connectivity index (χ3v) is 5.30. The number of aryl methyl sites for hydroxylation is 2. The molecule has 1 atom stereocenters. The van der Waals surface area contributed by atoms with Crippen molar-refractivity contribution in [2.24, 2.45) is 10.9 Å². The maximum absolute atomic E-state index is 13.6. The van der Waals surface area contributed by atoms with Crippen molar-refractivity contribution in [2.45, 2.75) is 39.7 Å². The van der Waals surface area contributed by atoms with Crippen molar-refractivity contribution >= 4 is 23.0 Å². The molecule has 2 aromatic carbocycles. The highest BCUT2D eigenvalue weighted by Crippen LogP contribution is 2.40. The van der Waals surface area contributed by atoms with Crippen molar-refractivity contribution in [3.05, 3.63) is 58.7 Å². The Hall–Kier alpha value is -2.56. The topological polar surface area (TPSA) is 32.7 Å². The second-order valence-electron chi connectivity index (χ2n) is 7.18. The molecule has 1 saturated carbocycles. The maximum atomic E-state index is 13.6. The lowest BCUT2D eigenvalue weighted by atomic mass is 10.0. The van der Waals surface area contributed by atoms with Crippen LogP contribution in [0.4, 0.5) is 20.2 Å². The van der Waals surface area contributed by atoms with E-state index in [0.29, 0.717) is 11.3 Å². The van der Waals surface area contributed by atoms with Crippen LogP contribution >= 0.6 is 0 Å². The summed E-state index contributed by atoms with van der Waals surface area (Å²) in [6, 6.07) is 7.33. The lowest BCUT2D eigenvalue weighted by molar-refractivity contribution is -0.120. The molecule has 1 amide bonds. The molecule has 0 unspecified atom stereocenters. The van der Waals surface area contributed by atoms with E-state index >= 15 is 0 Å². The van der Waals surface area contributed by atoms with Gasteiger partial charge in [0.05, 0.1) is 23.8 Å². The van der Waals surface area contributed by atoms with E-state index in [-0.39, 0.29) is 18.4 Å². The molecular formula is C21H20F2N2O. The number of carbonyl (C=O) groups excluding carboxylic acids is 1. The first-order chi connectivity index (χ1) is 12.4. The minimum Gasteiger partial charge on any atom is -0.305 e. The summed E-state index contributed by atoms with van der Waals surface area (Å²) >= 11 is 0. The summed E-state index contributed by atoms with van der Waals surface area (Å²) in [5.74, 6) is -1.55. The van der Waals surface area contributed by atoms with Crippen LogP contribution in [-0.4, -0.2) is 11.6 Å². The Bertz CT molecular complexity index is 916. The number of amides is 1. The lowest BCUT2D eigenvalue weighted by Gasteiger charge is -2.25. The molecule has 5 heteroatoms. The first-order valence-electron chi connectivity index (χ1n) is 8.87. The largest absolute Gasteiger partial charge is 0.305 e. The normalized spacial score (nSPS) is 19.1. The van der Waals surface area contributed by atoms with Gasteiger partial charge >= 0.3 is 0 Å². The van der Waals surface area contributed by atoms with Crippen LogP contribution in [-0.2, 0) is 11.3 Å². The molecule has 1 aliphatic carbocycles. The van der Waals surface area contributed by atoms with Crippen LogP contribution in [0.5, 0.6) is 0 Å². The number of aliphatic imine (C=N–C) groups is 1. The fourth-order valence-corrected chi connectivity index (χ4v) is 3.83. The van der Waals surface area contributed by atoms with E-state index in [0.717, 1.165) is 47.9 Å². The zero-order chi connectivity index (χ0) is 18.4. The van der Waals surface area contributed by atoms with Gasteiger partial charge in [-0.2, -0.15) is 0 Å².